The Morgan fingerprint density at radius 1 is 1.31 bits per heavy atom. The fraction of sp³-hybridized carbons (Fsp3) is 0.667. The van der Waals surface area contributed by atoms with E-state index in [0.717, 1.165) is 24.8 Å². The summed E-state index contributed by atoms with van der Waals surface area (Å²) >= 11 is 0. The smallest absolute Gasteiger partial charge is 0.178 e. The number of hydrogen-bond donors (Lipinski definition) is 2. The van der Waals surface area contributed by atoms with Crippen molar-refractivity contribution in [1.82, 2.24) is 0 Å². The Morgan fingerprint density at radius 2 is 2.04 bits per heavy atom. The highest BCUT2D eigenvalue weighted by Gasteiger charge is 2.68. The Labute approximate surface area is 153 Å². The van der Waals surface area contributed by atoms with Crippen molar-refractivity contribution in [2.45, 2.75) is 51.6 Å². The van der Waals surface area contributed by atoms with Crippen LogP contribution in [0.4, 0.5) is 0 Å². The fourth-order valence-electron chi connectivity index (χ4n) is 6.66. The van der Waals surface area contributed by atoms with Gasteiger partial charge in [-0.05, 0) is 49.7 Å². The lowest BCUT2D eigenvalue weighted by atomic mass is 9.46. The second kappa shape index (κ2) is 5.46. The molecular formula is C21H27NO4. The van der Waals surface area contributed by atoms with Crippen molar-refractivity contribution >= 4 is 17.3 Å². The van der Waals surface area contributed by atoms with E-state index >= 15 is 0 Å². The van der Waals surface area contributed by atoms with E-state index in [1.54, 1.807) is 12.2 Å². The van der Waals surface area contributed by atoms with Gasteiger partial charge in [-0.25, -0.2) is 0 Å². The summed E-state index contributed by atoms with van der Waals surface area (Å²) in [5.74, 6) is -0.186. The normalized spacial score (nSPS) is 47.1. The standard InChI is InChI=1S/C21H27NO4/c1-19-7-5-13(23)9-12(19)3-4-14-15-6-8-21(26,17(25)11-22)20(15,2)10-16(24)18(14)19/h5,7,9,14-15,18,26H,3-4,6,8,10-11,22H2,1-2H3/t14-,15-,18+,19-,20+,21-/m1/s1. The molecule has 5 heteroatoms. The minimum atomic E-state index is -1.50. The van der Waals surface area contributed by atoms with Crippen molar-refractivity contribution in [1.29, 1.82) is 0 Å². The highest BCUT2D eigenvalue weighted by molar-refractivity contribution is 6.02. The molecule has 0 saturated heterocycles. The number of hydrogen-bond acceptors (Lipinski definition) is 5. The van der Waals surface area contributed by atoms with Crippen LogP contribution in [0.5, 0.6) is 0 Å². The highest BCUT2D eigenvalue weighted by Crippen LogP contribution is 2.65. The Kier molecular flexibility index (Phi) is 3.74. The first-order valence-electron chi connectivity index (χ1n) is 9.60. The Morgan fingerprint density at radius 3 is 2.73 bits per heavy atom. The van der Waals surface area contributed by atoms with Crippen LogP contribution in [0.25, 0.3) is 0 Å². The molecule has 26 heavy (non-hydrogen) atoms. The maximum Gasteiger partial charge on any atom is 0.178 e. The molecule has 4 aliphatic rings. The molecule has 4 rings (SSSR count). The summed E-state index contributed by atoms with van der Waals surface area (Å²) in [6, 6.07) is 0. The Hall–Kier alpha value is -1.59. The van der Waals surface area contributed by atoms with Crippen molar-refractivity contribution in [3.05, 3.63) is 23.8 Å². The van der Waals surface area contributed by atoms with Crippen LogP contribution in [0.1, 0.15) is 46.0 Å². The minimum Gasteiger partial charge on any atom is -0.381 e. The molecule has 140 valence electrons. The van der Waals surface area contributed by atoms with Crippen LogP contribution in [0.3, 0.4) is 0 Å². The molecule has 4 aliphatic carbocycles. The average molecular weight is 357 g/mol. The van der Waals surface area contributed by atoms with Gasteiger partial charge in [-0.3, -0.25) is 14.4 Å². The fourth-order valence-corrected chi connectivity index (χ4v) is 6.66. The van der Waals surface area contributed by atoms with Crippen LogP contribution in [0, 0.1) is 28.6 Å². The van der Waals surface area contributed by atoms with E-state index in [1.807, 2.05) is 13.0 Å². The van der Waals surface area contributed by atoms with E-state index in [1.165, 1.54) is 0 Å². The van der Waals surface area contributed by atoms with Gasteiger partial charge in [0, 0.05) is 23.2 Å². The molecule has 3 N–H and O–H groups in total. The number of Topliss-reactive ketones (excluding diaryl/α,β-unsaturated/α-hetero) is 2. The monoisotopic (exact) mass is 357 g/mol. The number of allylic oxidation sites excluding steroid dienone is 4. The predicted molar refractivity (Wildman–Crippen MR) is 96.0 cm³/mol. The second-order valence-corrected chi connectivity index (χ2v) is 9.06. The van der Waals surface area contributed by atoms with Gasteiger partial charge in [0.1, 0.15) is 11.4 Å². The highest BCUT2D eigenvalue weighted by atomic mass is 16.3. The van der Waals surface area contributed by atoms with Crippen LogP contribution < -0.4 is 5.73 Å². The first-order chi connectivity index (χ1) is 12.2. The molecule has 0 spiro atoms. The van der Waals surface area contributed by atoms with Crippen molar-refractivity contribution < 1.29 is 19.5 Å². The largest absolute Gasteiger partial charge is 0.381 e. The lowest BCUT2D eigenvalue weighted by Crippen LogP contribution is -2.61. The first-order valence-corrected chi connectivity index (χ1v) is 9.60. The molecule has 0 radical (unpaired) electrons. The SMILES string of the molecule is C[C@]12CC(=O)[C@@H]3[C@H](CCC4=CC(=O)C=C[C@]43C)[C@H]1CC[C@@]2(O)C(=O)CN. The van der Waals surface area contributed by atoms with E-state index in [9.17, 15) is 19.5 Å². The third-order valence-electron chi connectivity index (χ3n) is 8.06. The number of carbonyl (C=O) groups is 3. The number of nitrogens with two attached hydrogens (primary N) is 1. The first kappa shape index (κ1) is 17.8. The molecule has 0 amide bonds. The van der Waals surface area contributed by atoms with E-state index in [-0.39, 0.29) is 48.1 Å². The molecule has 0 aromatic rings. The van der Waals surface area contributed by atoms with Gasteiger partial charge >= 0.3 is 0 Å². The third kappa shape index (κ3) is 2.01. The van der Waals surface area contributed by atoms with Crippen molar-refractivity contribution in [2.75, 3.05) is 6.54 Å². The van der Waals surface area contributed by atoms with Crippen LogP contribution in [-0.4, -0.2) is 34.6 Å². The molecule has 0 heterocycles. The van der Waals surface area contributed by atoms with E-state index in [4.69, 9.17) is 5.73 Å². The van der Waals surface area contributed by atoms with E-state index in [2.05, 4.69) is 6.92 Å². The summed E-state index contributed by atoms with van der Waals surface area (Å²) < 4.78 is 0. The zero-order chi connectivity index (χ0) is 18.9. The van der Waals surface area contributed by atoms with E-state index < -0.39 is 16.4 Å². The number of aliphatic hydroxyl groups is 1. The summed E-state index contributed by atoms with van der Waals surface area (Å²) in [5.41, 5.74) is 3.95. The lowest BCUT2D eigenvalue weighted by molar-refractivity contribution is -0.166. The minimum absolute atomic E-state index is 0.00666. The van der Waals surface area contributed by atoms with Gasteiger partial charge in [0.25, 0.3) is 0 Å². The summed E-state index contributed by atoms with van der Waals surface area (Å²) in [6.45, 7) is 3.77. The number of carbonyl (C=O) groups excluding carboxylic acids is 3. The molecule has 0 aromatic carbocycles. The van der Waals surface area contributed by atoms with E-state index in [0.29, 0.717) is 6.42 Å². The van der Waals surface area contributed by atoms with Gasteiger partial charge in [0.15, 0.2) is 11.6 Å². The average Bonchev–Trinajstić information content (AvgIpc) is 2.86. The lowest BCUT2D eigenvalue weighted by Gasteiger charge is -2.56. The molecule has 3 fully saturated rings. The summed E-state index contributed by atoms with van der Waals surface area (Å²) in [6.07, 6.45) is 8.12. The third-order valence-corrected chi connectivity index (χ3v) is 8.06. The summed E-state index contributed by atoms with van der Waals surface area (Å²) in [5, 5.41) is 11.2. The topological polar surface area (TPSA) is 97.5 Å². The van der Waals surface area contributed by atoms with Crippen LogP contribution >= 0.6 is 0 Å². The molecule has 6 atom stereocenters. The quantitative estimate of drug-likeness (QED) is 0.784. The van der Waals surface area contributed by atoms with Crippen molar-refractivity contribution in [3.63, 3.8) is 0 Å². The Balaban J connectivity index is 1.76. The van der Waals surface area contributed by atoms with Crippen LogP contribution in [-0.2, 0) is 14.4 Å². The van der Waals surface area contributed by atoms with Gasteiger partial charge in [0.2, 0.25) is 0 Å². The zero-order valence-electron chi connectivity index (χ0n) is 15.5. The molecule has 5 nitrogen and oxygen atoms in total. The second-order valence-electron chi connectivity index (χ2n) is 9.06. The zero-order valence-corrected chi connectivity index (χ0v) is 15.5. The number of rotatable bonds is 2. The molecule has 0 unspecified atom stereocenters. The number of fused-ring (bicyclic) bond motifs is 5. The summed E-state index contributed by atoms with van der Waals surface area (Å²) in [7, 11) is 0. The van der Waals surface area contributed by atoms with Crippen LogP contribution in [0.2, 0.25) is 0 Å². The molecule has 0 bridgehead atoms. The molecule has 3 saturated carbocycles. The Bertz CT molecular complexity index is 768. The van der Waals surface area contributed by atoms with Crippen LogP contribution in [0.15, 0.2) is 23.8 Å². The maximum absolute atomic E-state index is 13.3. The van der Waals surface area contributed by atoms with Crippen molar-refractivity contribution in [3.8, 4) is 0 Å². The van der Waals surface area contributed by atoms with Gasteiger partial charge in [-0.15, -0.1) is 0 Å². The van der Waals surface area contributed by atoms with Gasteiger partial charge in [0.05, 0.1) is 6.54 Å². The van der Waals surface area contributed by atoms with Gasteiger partial charge in [-0.2, -0.15) is 0 Å². The predicted octanol–water partition coefficient (Wildman–Crippen LogP) is 1.73. The molecule has 0 aromatic heterocycles. The van der Waals surface area contributed by atoms with Crippen molar-refractivity contribution in [2.24, 2.45) is 34.3 Å². The molecule has 0 aliphatic heterocycles. The maximum atomic E-state index is 13.3. The molecular weight excluding hydrogens is 330 g/mol. The van der Waals surface area contributed by atoms with Gasteiger partial charge in [-0.1, -0.05) is 25.5 Å². The number of ketones is 3. The van der Waals surface area contributed by atoms with Gasteiger partial charge < -0.3 is 10.8 Å². The summed E-state index contributed by atoms with van der Waals surface area (Å²) in [4.78, 5) is 37.6.